The smallest absolute Gasteiger partial charge is 0.220 e. The largest absolute Gasteiger partial charge is 0.394 e. The minimum absolute atomic E-state index is 0.183. The zero-order valence-electron chi connectivity index (χ0n) is 49.1. The van der Waals surface area contributed by atoms with E-state index in [0.717, 1.165) is 44.9 Å². The molecular weight excluding hydrogens is 935 g/mol. The van der Waals surface area contributed by atoms with E-state index in [1.54, 1.807) is 6.08 Å². The highest BCUT2D eigenvalue weighted by Crippen LogP contribution is 2.23. The molecule has 0 aliphatic carbocycles. The minimum Gasteiger partial charge on any atom is -0.394 e. The Morgan fingerprint density at radius 1 is 0.453 bits per heavy atom. The highest BCUT2D eigenvalue weighted by atomic mass is 16.7. The van der Waals surface area contributed by atoms with Crippen LogP contribution in [0.15, 0.2) is 48.6 Å². The lowest BCUT2D eigenvalue weighted by Crippen LogP contribution is -2.60. The molecule has 7 unspecified atom stereocenters. The second-order valence-electron chi connectivity index (χ2n) is 22.5. The third kappa shape index (κ3) is 44.7. The predicted octanol–water partition coefficient (Wildman–Crippen LogP) is 16.9. The van der Waals surface area contributed by atoms with E-state index >= 15 is 0 Å². The van der Waals surface area contributed by atoms with Gasteiger partial charge < -0.3 is 40.3 Å². The standard InChI is InChI=1S/C66H123NO8/c1-3-5-7-9-11-13-15-17-19-21-23-25-27-29-30-32-34-36-38-40-42-44-46-48-50-52-54-56-62(70)67-59(58-74-66-65(73)64(72)63(71)61(57-68)75-66)60(69)55-53-51-49-47-45-43-41-39-37-35-33-31-28-26-24-22-20-18-16-14-12-10-8-6-4-2/h15,17,21,23,45,47,53,55,59-61,63-66,68-69,71-73H,3-14,16,18-20,22,24-44,46,48-52,54,56-58H2,1-2H3,(H,67,70)/b17-15-,23-21-,47-45+,55-53+. The number of aliphatic hydroxyl groups excluding tert-OH is 5. The predicted molar refractivity (Wildman–Crippen MR) is 318 cm³/mol. The monoisotopic (exact) mass is 1060 g/mol. The van der Waals surface area contributed by atoms with Crippen LogP contribution >= 0.6 is 0 Å². The van der Waals surface area contributed by atoms with Crippen LogP contribution in [0.25, 0.3) is 0 Å². The first kappa shape index (κ1) is 71.2. The van der Waals surface area contributed by atoms with Crippen molar-refractivity contribution in [3.63, 3.8) is 0 Å². The number of allylic oxidation sites excluding steroid dienone is 7. The van der Waals surface area contributed by atoms with Gasteiger partial charge >= 0.3 is 0 Å². The Bertz CT molecular complexity index is 1320. The lowest BCUT2D eigenvalue weighted by molar-refractivity contribution is -0.302. The molecule has 75 heavy (non-hydrogen) atoms. The molecule has 1 rings (SSSR count). The molecule has 0 aromatic carbocycles. The number of nitrogens with one attached hydrogen (secondary N) is 1. The fraction of sp³-hybridized carbons (Fsp3) is 0.864. The van der Waals surface area contributed by atoms with Crippen LogP contribution in [0.2, 0.25) is 0 Å². The van der Waals surface area contributed by atoms with Crippen LogP contribution in [0.4, 0.5) is 0 Å². The van der Waals surface area contributed by atoms with Gasteiger partial charge in [-0.15, -0.1) is 0 Å². The number of hydrogen-bond acceptors (Lipinski definition) is 8. The summed E-state index contributed by atoms with van der Waals surface area (Å²) in [6.45, 7) is 3.79. The summed E-state index contributed by atoms with van der Waals surface area (Å²) in [5.74, 6) is -0.183. The van der Waals surface area contributed by atoms with Crippen LogP contribution in [0.1, 0.15) is 309 Å². The number of rotatable bonds is 56. The molecule has 1 fully saturated rings. The molecule has 0 aromatic rings. The summed E-state index contributed by atoms with van der Waals surface area (Å²) in [6.07, 6.45) is 67.7. The van der Waals surface area contributed by atoms with Crippen molar-refractivity contribution in [2.45, 2.75) is 352 Å². The van der Waals surface area contributed by atoms with Crippen molar-refractivity contribution in [2.24, 2.45) is 0 Å². The van der Waals surface area contributed by atoms with E-state index in [9.17, 15) is 30.3 Å². The first-order valence-corrected chi connectivity index (χ1v) is 32.4. The molecular formula is C66H123NO8. The van der Waals surface area contributed by atoms with Crippen molar-refractivity contribution in [3.8, 4) is 0 Å². The normalized spacial score (nSPS) is 19.2. The Morgan fingerprint density at radius 2 is 0.800 bits per heavy atom. The van der Waals surface area contributed by atoms with Crippen molar-refractivity contribution in [1.82, 2.24) is 5.32 Å². The summed E-state index contributed by atoms with van der Waals surface area (Å²) in [6, 6.07) is -0.823. The summed E-state index contributed by atoms with van der Waals surface area (Å²) in [7, 11) is 0. The highest BCUT2D eigenvalue weighted by molar-refractivity contribution is 5.76. The Hall–Kier alpha value is -1.85. The van der Waals surface area contributed by atoms with E-state index < -0.39 is 49.5 Å². The van der Waals surface area contributed by atoms with Gasteiger partial charge in [-0.2, -0.15) is 0 Å². The molecule has 9 nitrogen and oxygen atoms in total. The lowest BCUT2D eigenvalue weighted by Gasteiger charge is -2.40. The van der Waals surface area contributed by atoms with Gasteiger partial charge in [0.05, 0.1) is 25.4 Å². The quantitative estimate of drug-likeness (QED) is 0.0261. The van der Waals surface area contributed by atoms with E-state index in [4.69, 9.17) is 9.47 Å². The topological polar surface area (TPSA) is 149 Å². The number of carbonyl (C=O) groups is 1. The van der Waals surface area contributed by atoms with Gasteiger partial charge in [-0.1, -0.05) is 287 Å². The third-order valence-electron chi connectivity index (χ3n) is 15.4. The molecule has 1 amide bonds. The summed E-state index contributed by atoms with van der Waals surface area (Å²) in [5, 5.41) is 54.6. The Labute approximate surface area is 463 Å². The molecule has 1 aliphatic rings. The Balaban J connectivity index is 2.19. The van der Waals surface area contributed by atoms with Gasteiger partial charge in [0.1, 0.15) is 24.4 Å². The molecule has 0 radical (unpaired) electrons. The maximum absolute atomic E-state index is 13.1. The van der Waals surface area contributed by atoms with Gasteiger partial charge in [-0.3, -0.25) is 4.79 Å². The van der Waals surface area contributed by atoms with E-state index in [-0.39, 0.29) is 12.5 Å². The SMILES string of the molecule is CCCCCCC/C=C\C/C=C\CCCCCCCCCCCCCCCCCC(=O)NC(COC1OC(CO)C(O)C(O)C1O)C(O)/C=C/CC/C=C/CCCCCCCCCCCCCCCCCCCCC. The molecule has 440 valence electrons. The first-order chi connectivity index (χ1) is 36.8. The summed E-state index contributed by atoms with van der Waals surface area (Å²) in [4.78, 5) is 13.1. The number of hydrogen-bond donors (Lipinski definition) is 6. The second-order valence-corrected chi connectivity index (χ2v) is 22.5. The van der Waals surface area contributed by atoms with Crippen molar-refractivity contribution in [2.75, 3.05) is 13.2 Å². The molecule has 1 saturated heterocycles. The first-order valence-electron chi connectivity index (χ1n) is 32.4. The fourth-order valence-electron chi connectivity index (χ4n) is 10.3. The maximum Gasteiger partial charge on any atom is 0.220 e. The Morgan fingerprint density at radius 3 is 1.20 bits per heavy atom. The van der Waals surface area contributed by atoms with Crippen LogP contribution in [0.3, 0.4) is 0 Å². The van der Waals surface area contributed by atoms with Gasteiger partial charge in [0, 0.05) is 6.42 Å². The van der Waals surface area contributed by atoms with Crippen LogP contribution in [-0.4, -0.2) is 87.5 Å². The van der Waals surface area contributed by atoms with Gasteiger partial charge in [0.25, 0.3) is 0 Å². The molecule has 7 atom stereocenters. The highest BCUT2D eigenvalue weighted by Gasteiger charge is 2.44. The van der Waals surface area contributed by atoms with Gasteiger partial charge in [0.15, 0.2) is 6.29 Å². The van der Waals surface area contributed by atoms with Crippen LogP contribution in [-0.2, 0) is 14.3 Å². The molecule has 0 bridgehead atoms. The number of aliphatic hydroxyl groups is 5. The molecule has 0 spiro atoms. The summed E-state index contributed by atoms with van der Waals surface area (Å²) >= 11 is 0. The molecule has 0 aromatic heterocycles. The molecule has 6 N–H and O–H groups in total. The minimum atomic E-state index is -1.57. The average molecular weight is 1060 g/mol. The van der Waals surface area contributed by atoms with Gasteiger partial charge in [0.2, 0.25) is 5.91 Å². The number of carbonyl (C=O) groups excluding carboxylic acids is 1. The molecule has 1 heterocycles. The Kier molecular flexibility index (Phi) is 52.6. The van der Waals surface area contributed by atoms with E-state index in [1.807, 2.05) is 6.08 Å². The van der Waals surface area contributed by atoms with Crippen molar-refractivity contribution >= 4 is 5.91 Å². The van der Waals surface area contributed by atoms with Crippen molar-refractivity contribution in [1.29, 1.82) is 0 Å². The lowest BCUT2D eigenvalue weighted by atomic mass is 9.99. The van der Waals surface area contributed by atoms with Crippen molar-refractivity contribution in [3.05, 3.63) is 48.6 Å². The van der Waals surface area contributed by atoms with E-state index in [2.05, 4.69) is 55.6 Å². The zero-order chi connectivity index (χ0) is 54.3. The van der Waals surface area contributed by atoms with Crippen LogP contribution < -0.4 is 5.32 Å². The van der Waals surface area contributed by atoms with Crippen molar-refractivity contribution < 1.29 is 39.8 Å². The molecule has 0 saturated carbocycles. The van der Waals surface area contributed by atoms with Crippen LogP contribution in [0.5, 0.6) is 0 Å². The number of ether oxygens (including phenoxy) is 2. The van der Waals surface area contributed by atoms with Gasteiger partial charge in [-0.25, -0.2) is 0 Å². The summed E-state index contributed by atoms with van der Waals surface area (Å²) in [5.41, 5.74) is 0. The zero-order valence-corrected chi connectivity index (χ0v) is 49.1. The molecule has 1 aliphatic heterocycles. The second kappa shape index (κ2) is 55.5. The van der Waals surface area contributed by atoms with E-state index in [0.29, 0.717) is 6.42 Å². The average Bonchev–Trinajstić information content (AvgIpc) is 3.41. The number of unbranched alkanes of at least 4 members (excludes halogenated alkanes) is 40. The third-order valence-corrected chi connectivity index (χ3v) is 15.4. The van der Waals surface area contributed by atoms with E-state index in [1.165, 1.54) is 244 Å². The number of amides is 1. The molecule has 9 heteroatoms. The van der Waals surface area contributed by atoms with Crippen LogP contribution in [0, 0.1) is 0 Å². The van der Waals surface area contributed by atoms with Gasteiger partial charge in [-0.05, 0) is 64.2 Å². The fourth-order valence-corrected chi connectivity index (χ4v) is 10.3. The summed E-state index contributed by atoms with van der Waals surface area (Å²) < 4.78 is 11.3. The maximum atomic E-state index is 13.1.